The number of rotatable bonds is 10. The Labute approximate surface area is 182 Å². The lowest BCUT2D eigenvalue weighted by Crippen LogP contribution is -2.35. The van der Waals surface area contributed by atoms with Gasteiger partial charge in [-0.25, -0.2) is 25.3 Å². The largest absolute Gasteiger partial charge is 0.489 e. The number of ether oxygens (including phenoxy) is 2. The normalized spacial score (nSPS) is 13.8. The first-order valence-electron chi connectivity index (χ1n) is 8.89. The molecule has 0 radical (unpaired) electrons. The maximum absolute atomic E-state index is 12.5. The van der Waals surface area contributed by atoms with Gasteiger partial charge in [-0.3, -0.25) is 4.79 Å². The molecule has 0 bridgehead atoms. The van der Waals surface area contributed by atoms with E-state index < -0.39 is 74.4 Å². The fourth-order valence-electron chi connectivity index (χ4n) is 2.50. The van der Waals surface area contributed by atoms with Gasteiger partial charge in [0.1, 0.15) is 33.1 Å². The van der Waals surface area contributed by atoms with Crippen LogP contribution in [0.4, 0.5) is 0 Å². The van der Waals surface area contributed by atoms with Gasteiger partial charge < -0.3 is 19.9 Å². The Balaban J connectivity index is 3.87. The summed E-state index contributed by atoms with van der Waals surface area (Å²) >= 11 is 0. The number of carbonyl (C=O) groups excluding carboxylic acids is 1. The first-order valence-corrected chi connectivity index (χ1v) is 14.6. The van der Waals surface area contributed by atoms with Gasteiger partial charge in [0, 0.05) is 44.3 Å². The van der Waals surface area contributed by atoms with E-state index in [1.165, 1.54) is 0 Å². The van der Waals surface area contributed by atoms with Crippen LogP contribution in [-0.4, -0.2) is 80.4 Å². The molecule has 2 N–H and O–H groups in total. The highest BCUT2D eigenvalue weighted by atomic mass is 32.2. The number of hydrogen-bond acceptors (Lipinski definition) is 11. The van der Waals surface area contributed by atoms with E-state index in [0.717, 1.165) is 19.2 Å². The van der Waals surface area contributed by atoms with Crippen LogP contribution in [0, 0.1) is 0 Å². The fraction of sp³-hybridized carbons (Fsp3) is 0.588. The summed E-state index contributed by atoms with van der Waals surface area (Å²) in [4.78, 5) is 8.89. The molecule has 0 saturated carbocycles. The Hall–Kier alpha value is -1.74. The van der Waals surface area contributed by atoms with Gasteiger partial charge >= 0.3 is 5.97 Å². The molecule has 0 aliphatic heterocycles. The number of aliphatic hydroxyl groups excluding tert-OH is 1. The summed E-state index contributed by atoms with van der Waals surface area (Å²) in [7, 11) is -13.0. The maximum atomic E-state index is 12.5. The highest BCUT2D eigenvalue weighted by molar-refractivity contribution is 7.94. The fourth-order valence-corrected chi connectivity index (χ4v) is 6.12. The van der Waals surface area contributed by atoms with Crippen molar-refractivity contribution in [2.75, 3.05) is 31.9 Å². The third-order valence-electron chi connectivity index (χ3n) is 3.70. The predicted molar refractivity (Wildman–Crippen MR) is 112 cm³/mol. The van der Waals surface area contributed by atoms with Crippen molar-refractivity contribution in [2.45, 2.75) is 47.6 Å². The van der Waals surface area contributed by atoms with E-state index in [9.17, 15) is 35.2 Å². The first-order chi connectivity index (χ1) is 13.9. The maximum Gasteiger partial charge on any atom is 0.308 e. The second kappa shape index (κ2) is 9.81. The molecule has 31 heavy (non-hydrogen) atoms. The van der Waals surface area contributed by atoms with Crippen LogP contribution in [0.25, 0.3) is 0 Å². The highest BCUT2D eigenvalue weighted by Gasteiger charge is 2.35. The van der Waals surface area contributed by atoms with Crippen LogP contribution in [0.5, 0.6) is 11.5 Å². The second-order valence-electron chi connectivity index (χ2n) is 7.30. The Morgan fingerprint density at radius 3 is 1.90 bits per heavy atom. The van der Waals surface area contributed by atoms with E-state index in [1.807, 2.05) is 13.8 Å². The van der Waals surface area contributed by atoms with Crippen LogP contribution in [0.3, 0.4) is 0 Å². The minimum absolute atomic E-state index is 0.0397. The molecule has 0 saturated heterocycles. The number of nitrogens with one attached hydrogen (secondary N) is 1. The van der Waals surface area contributed by atoms with Crippen molar-refractivity contribution >= 4 is 35.5 Å². The molecule has 0 heterocycles. The van der Waals surface area contributed by atoms with Gasteiger partial charge in [0.25, 0.3) is 0 Å². The summed E-state index contributed by atoms with van der Waals surface area (Å²) in [6, 6.07) is 0.805. The molecule has 0 aliphatic carbocycles. The Morgan fingerprint density at radius 2 is 1.52 bits per heavy atom. The molecule has 0 spiro atoms. The molecule has 1 unspecified atom stereocenters. The van der Waals surface area contributed by atoms with E-state index in [0.29, 0.717) is 12.5 Å². The zero-order valence-corrected chi connectivity index (χ0v) is 20.4. The molecule has 1 rings (SSSR count). The van der Waals surface area contributed by atoms with E-state index in [2.05, 4.69) is 5.32 Å². The van der Waals surface area contributed by atoms with Crippen molar-refractivity contribution in [3.8, 4) is 11.5 Å². The van der Waals surface area contributed by atoms with Gasteiger partial charge in [0.05, 0.1) is 0 Å². The van der Waals surface area contributed by atoms with Crippen molar-refractivity contribution in [1.29, 1.82) is 0 Å². The lowest BCUT2D eigenvalue weighted by atomic mass is 10.3. The molecule has 0 aromatic heterocycles. The molecule has 1 atom stereocenters. The molecule has 178 valence electrons. The Bertz CT molecular complexity index is 1150. The Kier molecular flexibility index (Phi) is 8.64. The molecule has 14 heteroatoms. The number of hydrogen-bond donors (Lipinski definition) is 2. The van der Waals surface area contributed by atoms with Gasteiger partial charge in [0.15, 0.2) is 35.3 Å². The average Bonchev–Trinajstić information content (AvgIpc) is 2.54. The smallest absolute Gasteiger partial charge is 0.308 e. The summed E-state index contributed by atoms with van der Waals surface area (Å²) in [5, 5.41) is 13.0. The van der Waals surface area contributed by atoms with E-state index in [1.54, 1.807) is 0 Å². The molecule has 1 aromatic carbocycles. The van der Waals surface area contributed by atoms with Gasteiger partial charge in [-0.05, 0) is 0 Å². The van der Waals surface area contributed by atoms with Crippen LogP contribution in [0.15, 0.2) is 20.8 Å². The SMILES string of the molecule is CC(=O)Oc1c(S(C)(=O)=O)cc(OCC(O)CNC(C)C)c(S(C)(=O)=O)c1S(C)(=O)=O. The van der Waals surface area contributed by atoms with Gasteiger partial charge in [-0.2, -0.15) is 0 Å². The van der Waals surface area contributed by atoms with Crippen LogP contribution < -0.4 is 14.8 Å². The lowest BCUT2D eigenvalue weighted by Gasteiger charge is -2.20. The van der Waals surface area contributed by atoms with Crippen LogP contribution in [0.1, 0.15) is 20.8 Å². The third-order valence-corrected chi connectivity index (χ3v) is 7.21. The molecular weight excluding hydrogens is 474 g/mol. The van der Waals surface area contributed by atoms with Crippen LogP contribution >= 0.6 is 0 Å². The minimum Gasteiger partial charge on any atom is -0.489 e. The molecule has 1 aromatic rings. The number of aliphatic hydroxyl groups is 1. The van der Waals surface area contributed by atoms with Gasteiger partial charge in [-0.15, -0.1) is 0 Å². The predicted octanol–water partition coefficient (Wildman–Crippen LogP) is -0.440. The number of carbonyl (C=O) groups is 1. The summed E-state index contributed by atoms with van der Waals surface area (Å²) < 4.78 is 84.7. The van der Waals surface area contributed by atoms with Crippen molar-refractivity contribution < 1.29 is 44.6 Å². The monoisotopic (exact) mass is 501 g/mol. The first kappa shape index (κ1) is 27.3. The number of esters is 1. The van der Waals surface area contributed by atoms with Crippen LogP contribution in [-0.2, 0) is 34.3 Å². The topological polar surface area (TPSA) is 170 Å². The van der Waals surface area contributed by atoms with E-state index in [-0.39, 0.29) is 12.6 Å². The van der Waals surface area contributed by atoms with Crippen molar-refractivity contribution in [1.82, 2.24) is 5.32 Å². The molecular formula is C17H27NO10S3. The lowest BCUT2D eigenvalue weighted by molar-refractivity contribution is -0.132. The highest BCUT2D eigenvalue weighted by Crippen LogP contribution is 2.43. The minimum atomic E-state index is -4.43. The van der Waals surface area contributed by atoms with Gasteiger partial charge in [-0.1, -0.05) is 13.8 Å². The van der Waals surface area contributed by atoms with Crippen molar-refractivity contribution in [2.24, 2.45) is 0 Å². The van der Waals surface area contributed by atoms with E-state index >= 15 is 0 Å². The van der Waals surface area contributed by atoms with Gasteiger partial charge in [0.2, 0.25) is 0 Å². The summed E-state index contributed by atoms with van der Waals surface area (Å²) in [5.41, 5.74) is 0. The average molecular weight is 502 g/mol. The third kappa shape index (κ3) is 7.71. The zero-order chi connectivity index (χ0) is 24.4. The van der Waals surface area contributed by atoms with Crippen molar-refractivity contribution in [3.05, 3.63) is 6.07 Å². The molecule has 0 fully saturated rings. The second-order valence-corrected chi connectivity index (χ2v) is 13.2. The Morgan fingerprint density at radius 1 is 1.00 bits per heavy atom. The van der Waals surface area contributed by atoms with E-state index in [4.69, 9.17) is 9.47 Å². The molecule has 11 nitrogen and oxygen atoms in total. The summed E-state index contributed by atoms with van der Waals surface area (Å²) in [6.45, 7) is 4.18. The molecule has 0 aliphatic rings. The standard InChI is InChI=1S/C17H27NO10S3/c1-10(2)18-8-12(20)9-27-13-7-14(29(4,21)22)15(28-11(3)19)17(31(6,25)26)16(13)30(5,23)24/h7,10,12,18,20H,8-9H2,1-6H3. The van der Waals surface area contributed by atoms with Crippen LogP contribution in [0.2, 0.25) is 0 Å². The summed E-state index contributed by atoms with van der Waals surface area (Å²) in [5.74, 6) is -2.59. The zero-order valence-electron chi connectivity index (χ0n) is 18.0. The molecule has 0 amide bonds. The summed E-state index contributed by atoms with van der Waals surface area (Å²) in [6.07, 6.45) is 0.943. The van der Waals surface area contributed by atoms with Crippen molar-refractivity contribution in [3.63, 3.8) is 0 Å². The number of sulfone groups is 3. The number of benzene rings is 1. The quantitative estimate of drug-likeness (QED) is 0.315.